The molecule has 0 aromatic heterocycles. The number of carbonyl (C=O) groups excluding carboxylic acids is 2. The van der Waals surface area contributed by atoms with Gasteiger partial charge in [-0.2, -0.15) is 0 Å². The largest absolute Gasteiger partial charge is 0.468 e. The number of nitrogens with one attached hydrogen (secondary N) is 2. The van der Waals surface area contributed by atoms with Gasteiger partial charge >= 0.3 is 5.97 Å². The number of benzene rings is 2. The third-order valence-corrected chi connectivity index (χ3v) is 5.43. The Bertz CT molecular complexity index is 968. The van der Waals surface area contributed by atoms with E-state index in [0.717, 1.165) is 22.6 Å². The van der Waals surface area contributed by atoms with Crippen LogP contribution in [0.1, 0.15) is 24.9 Å². The molecule has 0 spiro atoms. The molecule has 0 saturated heterocycles. The predicted molar refractivity (Wildman–Crippen MR) is 104 cm³/mol. The van der Waals surface area contributed by atoms with Gasteiger partial charge in [0.2, 0.25) is 0 Å². The van der Waals surface area contributed by atoms with Crippen molar-refractivity contribution in [2.45, 2.75) is 19.4 Å². The molecule has 2 aliphatic rings. The fourth-order valence-electron chi connectivity index (χ4n) is 4.04. The van der Waals surface area contributed by atoms with Crippen molar-refractivity contribution >= 4 is 23.1 Å². The van der Waals surface area contributed by atoms with Gasteiger partial charge in [-0.25, -0.2) is 4.39 Å². The molecule has 5 nitrogen and oxygen atoms in total. The van der Waals surface area contributed by atoms with Crippen LogP contribution in [0.4, 0.5) is 15.8 Å². The summed E-state index contributed by atoms with van der Waals surface area (Å²) in [7, 11) is 1.29. The molecule has 0 amide bonds. The van der Waals surface area contributed by atoms with Gasteiger partial charge in [-0.1, -0.05) is 31.2 Å². The van der Waals surface area contributed by atoms with E-state index in [-0.39, 0.29) is 17.5 Å². The molecule has 0 fully saturated rings. The molecule has 0 saturated carbocycles. The molecule has 3 atom stereocenters. The highest BCUT2D eigenvalue weighted by atomic mass is 19.1. The summed E-state index contributed by atoms with van der Waals surface area (Å²) in [6.45, 7) is 1.88. The maximum Gasteiger partial charge on any atom is 0.316 e. The van der Waals surface area contributed by atoms with Crippen molar-refractivity contribution in [2.75, 3.05) is 17.7 Å². The Morgan fingerprint density at radius 2 is 1.79 bits per heavy atom. The lowest BCUT2D eigenvalue weighted by Gasteiger charge is -2.32. The minimum Gasteiger partial charge on any atom is -0.468 e. The first kappa shape index (κ1) is 18.2. The molecule has 1 aliphatic heterocycles. The predicted octanol–water partition coefficient (Wildman–Crippen LogP) is 4.06. The maximum absolute atomic E-state index is 13.5. The van der Waals surface area contributed by atoms with E-state index in [2.05, 4.69) is 10.6 Å². The highest BCUT2D eigenvalue weighted by Crippen LogP contribution is 2.43. The monoisotopic (exact) mass is 380 g/mol. The van der Waals surface area contributed by atoms with Crippen molar-refractivity contribution in [3.05, 3.63) is 71.2 Å². The van der Waals surface area contributed by atoms with E-state index in [0.29, 0.717) is 12.0 Å². The molecular weight excluding hydrogens is 359 g/mol. The Hall–Kier alpha value is -3.15. The van der Waals surface area contributed by atoms with Crippen LogP contribution >= 0.6 is 0 Å². The third-order valence-electron chi connectivity index (χ3n) is 5.43. The standard InChI is InChI=1S/C22H21FN2O3/c1-12-11-17-19(21(26)18(12)22(27)28-2)20(13-7-9-14(23)10-8-13)25-16-6-4-3-5-15(16)24-17/h3-10,12,18,20,24-25H,11H2,1-2H3/t12-,18-,20+/m0/s1. The first-order valence-electron chi connectivity index (χ1n) is 9.22. The van der Waals surface area contributed by atoms with Crippen LogP contribution < -0.4 is 10.6 Å². The van der Waals surface area contributed by atoms with E-state index in [4.69, 9.17) is 4.74 Å². The van der Waals surface area contributed by atoms with Gasteiger partial charge in [-0.05, 0) is 42.2 Å². The lowest BCUT2D eigenvalue weighted by molar-refractivity contribution is -0.151. The summed E-state index contributed by atoms with van der Waals surface area (Å²) in [6, 6.07) is 13.2. The maximum atomic E-state index is 13.5. The number of anilines is 2. The number of esters is 1. The van der Waals surface area contributed by atoms with Gasteiger partial charge in [0.05, 0.1) is 24.5 Å². The number of rotatable bonds is 2. The molecule has 1 heterocycles. The molecule has 1 aliphatic carbocycles. The van der Waals surface area contributed by atoms with Crippen LogP contribution in [-0.2, 0) is 14.3 Å². The summed E-state index contributed by atoms with van der Waals surface area (Å²) < 4.78 is 18.4. The van der Waals surface area contributed by atoms with Crippen LogP contribution in [0, 0.1) is 17.7 Å². The number of halogens is 1. The molecule has 2 aromatic rings. The smallest absolute Gasteiger partial charge is 0.316 e. The minimum absolute atomic E-state index is 0.190. The molecule has 0 bridgehead atoms. The van der Waals surface area contributed by atoms with Gasteiger partial charge in [0.1, 0.15) is 11.7 Å². The van der Waals surface area contributed by atoms with Crippen LogP contribution in [0.2, 0.25) is 0 Å². The van der Waals surface area contributed by atoms with Crippen molar-refractivity contribution in [3.8, 4) is 0 Å². The van der Waals surface area contributed by atoms with Gasteiger partial charge in [0, 0.05) is 11.3 Å². The third kappa shape index (κ3) is 3.05. The topological polar surface area (TPSA) is 67.4 Å². The number of ketones is 1. The van der Waals surface area contributed by atoms with Crippen LogP contribution in [0.3, 0.4) is 0 Å². The molecule has 0 radical (unpaired) electrons. The van der Waals surface area contributed by atoms with E-state index in [1.807, 2.05) is 31.2 Å². The first-order valence-corrected chi connectivity index (χ1v) is 9.22. The van der Waals surface area contributed by atoms with Crippen LogP contribution in [-0.4, -0.2) is 18.9 Å². The zero-order valence-corrected chi connectivity index (χ0v) is 15.7. The number of methoxy groups -OCH3 is 1. The number of allylic oxidation sites excluding steroid dienone is 1. The average Bonchev–Trinajstić information content (AvgIpc) is 2.85. The zero-order chi connectivity index (χ0) is 19.8. The van der Waals surface area contributed by atoms with Crippen LogP contribution in [0.25, 0.3) is 0 Å². The van der Waals surface area contributed by atoms with Gasteiger partial charge in [0.25, 0.3) is 0 Å². The summed E-state index contributed by atoms with van der Waals surface area (Å²) in [5, 5.41) is 6.78. The molecular formula is C22H21FN2O3. The highest BCUT2D eigenvalue weighted by molar-refractivity contribution is 6.11. The van der Waals surface area contributed by atoms with Crippen molar-refractivity contribution in [3.63, 3.8) is 0 Å². The van der Waals surface area contributed by atoms with Gasteiger partial charge in [-0.3, -0.25) is 9.59 Å². The SMILES string of the molecule is COC(=O)[C@@H]1C(=O)C2=C(C[C@@H]1C)Nc1ccccc1N[C@@H]2c1ccc(F)cc1. The van der Waals surface area contributed by atoms with E-state index in [9.17, 15) is 14.0 Å². The zero-order valence-electron chi connectivity index (χ0n) is 15.7. The summed E-state index contributed by atoms with van der Waals surface area (Å²) in [6.07, 6.45) is 0.536. The van der Waals surface area contributed by atoms with Crippen molar-refractivity contribution in [1.82, 2.24) is 0 Å². The van der Waals surface area contributed by atoms with Gasteiger partial charge < -0.3 is 15.4 Å². The van der Waals surface area contributed by atoms with Crippen molar-refractivity contribution in [1.29, 1.82) is 0 Å². The number of ether oxygens (including phenoxy) is 1. The number of carbonyl (C=O) groups is 2. The van der Waals surface area contributed by atoms with Crippen molar-refractivity contribution in [2.24, 2.45) is 11.8 Å². The van der Waals surface area contributed by atoms with E-state index >= 15 is 0 Å². The second kappa shape index (κ2) is 7.11. The quantitative estimate of drug-likeness (QED) is 0.608. The lowest BCUT2D eigenvalue weighted by Crippen LogP contribution is -2.39. The number of fused-ring (bicyclic) bond motifs is 1. The molecule has 2 N–H and O–H groups in total. The second-order valence-electron chi connectivity index (χ2n) is 7.24. The number of para-hydroxylation sites is 2. The summed E-state index contributed by atoms with van der Waals surface area (Å²) in [4.78, 5) is 25.7. The van der Waals surface area contributed by atoms with E-state index in [1.165, 1.54) is 19.2 Å². The van der Waals surface area contributed by atoms with Crippen molar-refractivity contribution < 1.29 is 18.7 Å². The Morgan fingerprint density at radius 3 is 2.46 bits per heavy atom. The molecule has 4 rings (SSSR count). The number of Topliss-reactive ketones (excluding diaryl/α,β-unsaturated/α-hetero) is 1. The summed E-state index contributed by atoms with van der Waals surface area (Å²) in [5.41, 5.74) is 3.72. The molecule has 6 heteroatoms. The average molecular weight is 380 g/mol. The fourth-order valence-corrected chi connectivity index (χ4v) is 4.04. The molecule has 0 unspecified atom stereocenters. The highest BCUT2D eigenvalue weighted by Gasteiger charge is 2.44. The van der Waals surface area contributed by atoms with E-state index < -0.39 is 17.9 Å². The Labute approximate surface area is 162 Å². The van der Waals surface area contributed by atoms with Crippen LogP contribution in [0.15, 0.2) is 59.8 Å². The molecule has 144 valence electrons. The fraction of sp³-hybridized carbons (Fsp3) is 0.273. The normalized spacial score (nSPS) is 23.7. The van der Waals surface area contributed by atoms with Gasteiger partial charge in [0.15, 0.2) is 5.78 Å². The van der Waals surface area contributed by atoms with E-state index in [1.54, 1.807) is 12.1 Å². The number of hydrogen-bond acceptors (Lipinski definition) is 5. The minimum atomic E-state index is -0.850. The molecule has 2 aromatic carbocycles. The second-order valence-corrected chi connectivity index (χ2v) is 7.24. The lowest BCUT2D eigenvalue weighted by atomic mass is 9.75. The first-order chi connectivity index (χ1) is 13.5. The number of hydrogen-bond donors (Lipinski definition) is 2. The summed E-state index contributed by atoms with van der Waals surface area (Å²) in [5.74, 6) is -2.17. The van der Waals surface area contributed by atoms with Crippen LogP contribution in [0.5, 0.6) is 0 Å². The summed E-state index contributed by atoms with van der Waals surface area (Å²) >= 11 is 0. The molecule has 28 heavy (non-hydrogen) atoms. The van der Waals surface area contributed by atoms with Gasteiger partial charge in [-0.15, -0.1) is 0 Å². The Balaban J connectivity index is 1.87. The Morgan fingerprint density at radius 1 is 1.11 bits per heavy atom. The Kier molecular flexibility index (Phi) is 4.63.